The monoisotopic (exact) mass is 265 g/mol. The van der Waals surface area contributed by atoms with E-state index >= 15 is 0 Å². The molecule has 1 aromatic heterocycles. The van der Waals surface area contributed by atoms with Gasteiger partial charge in [-0.15, -0.1) is 0 Å². The van der Waals surface area contributed by atoms with Crippen molar-refractivity contribution in [2.75, 3.05) is 12.3 Å². The van der Waals surface area contributed by atoms with E-state index in [4.69, 9.17) is 0 Å². The number of hydrogen-bond acceptors (Lipinski definition) is 4. The Kier molecular flexibility index (Phi) is 5.45. The van der Waals surface area contributed by atoms with Crippen LogP contribution in [0.3, 0.4) is 0 Å². The first kappa shape index (κ1) is 13.8. The van der Waals surface area contributed by atoms with E-state index in [9.17, 15) is 0 Å². The van der Waals surface area contributed by atoms with Gasteiger partial charge < -0.3 is 5.32 Å². The molecular weight excluding hydrogens is 242 g/mol. The summed E-state index contributed by atoms with van der Waals surface area (Å²) in [4.78, 5) is 8.72. The molecule has 0 saturated heterocycles. The van der Waals surface area contributed by atoms with Crippen molar-refractivity contribution in [3.05, 3.63) is 18.0 Å². The fourth-order valence-electron chi connectivity index (χ4n) is 2.71. The molecule has 3 nitrogen and oxygen atoms in total. The molecular formula is C14H23N3S. The molecule has 1 aliphatic rings. The fourth-order valence-corrected chi connectivity index (χ4v) is 3.66. The van der Waals surface area contributed by atoms with Crippen molar-refractivity contribution in [2.24, 2.45) is 5.92 Å². The number of nitrogens with one attached hydrogen (secondary N) is 1. The Morgan fingerprint density at radius 2 is 2.33 bits per heavy atom. The average Bonchev–Trinajstić information content (AvgIpc) is 2.78. The SMILES string of the molecule is CCNC1CCCC1CCSc1nccc(C)n1. The number of rotatable bonds is 6. The lowest BCUT2D eigenvalue weighted by atomic mass is 10.0. The Balaban J connectivity index is 1.74. The minimum atomic E-state index is 0.744. The molecule has 0 bridgehead atoms. The summed E-state index contributed by atoms with van der Waals surface area (Å²) in [5.41, 5.74) is 1.05. The van der Waals surface area contributed by atoms with Crippen LogP contribution in [0.4, 0.5) is 0 Å². The maximum absolute atomic E-state index is 4.43. The third-order valence-corrected chi connectivity index (χ3v) is 4.51. The van der Waals surface area contributed by atoms with Gasteiger partial charge in [-0.25, -0.2) is 9.97 Å². The summed E-state index contributed by atoms with van der Waals surface area (Å²) in [5, 5.41) is 4.54. The standard InChI is InChI=1S/C14H23N3S/c1-3-15-13-6-4-5-12(13)8-10-18-14-16-9-7-11(2)17-14/h7,9,12-13,15H,3-6,8,10H2,1-2H3. The zero-order valence-electron chi connectivity index (χ0n) is 11.4. The molecule has 0 aliphatic heterocycles. The van der Waals surface area contributed by atoms with Crippen LogP contribution in [0.15, 0.2) is 17.4 Å². The molecule has 0 radical (unpaired) electrons. The molecule has 0 aromatic carbocycles. The minimum Gasteiger partial charge on any atom is -0.314 e. The van der Waals surface area contributed by atoms with Gasteiger partial charge in [-0.05, 0) is 44.7 Å². The Morgan fingerprint density at radius 1 is 1.44 bits per heavy atom. The summed E-state index contributed by atoms with van der Waals surface area (Å²) in [6, 6.07) is 2.69. The lowest BCUT2D eigenvalue weighted by molar-refractivity contribution is 0.400. The van der Waals surface area contributed by atoms with E-state index < -0.39 is 0 Å². The maximum atomic E-state index is 4.43. The second-order valence-corrected chi connectivity index (χ2v) is 6.03. The summed E-state index contributed by atoms with van der Waals surface area (Å²) in [6.07, 6.45) is 7.24. The van der Waals surface area contributed by atoms with Crippen LogP contribution in [0.1, 0.15) is 38.3 Å². The largest absolute Gasteiger partial charge is 0.314 e. The number of nitrogens with zero attached hydrogens (tertiary/aromatic N) is 2. The van der Waals surface area contributed by atoms with Gasteiger partial charge in [-0.3, -0.25) is 0 Å². The highest BCUT2D eigenvalue weighted by Gasteiger charge is 2.25. The van der Waals surface area contributed by atoms with Crippen LogP contribution in [0.25, 0.3) is 0 Å². The highest BCUT2D eigenvalue weighted by atomic mass is 32.2. The molecule has 2 atom stereocenters. The summed E-state index contributed by atoms with van der Waals surface area (Å²) in [5.74, 6) is 1.98. The first-order valence-corrected chi connectivity index (χ1v) is 7.94. The first-order chi connectivity index (χ1) is 8.79. The van der Waals surface area contributed by atoms with Crippen molar-refractivity contribution < 1.29 is 0 Å². The fraction of sp³-hybridized carbons (Fsp3) is 0.714. The lowest BCUT2D eigenvalue weighted by Gasteiger charge is -2.19. The van der Waals surface area contributed by atoms with Gasteiger partial charge in [0, 0.05) is 23.7 Å². The van der Waals surface area contributed by atoms with Crippen molar-refractivity contribution in [1.29, 1.82) is 0 Å². The lowest BCUT2D eigenvalue weighted by Crippen LogP contribution is -2.32. The van der Waals surface area contributed by atoms with Crippen LogP contribution in [-0.4, -0.2) is 28.3 Å². The highest BCUT2D eigenvalue weighted by Crippen LogP contribution is 2.30. The molecule has 1 aromatic rings. The normalized spacial score (nSPS) is 23.4. The van der Waals surface area contributed by atoms with Crippen molar-refractivity contribution in [3.8, 4) is 0 Å². The van der Waals surface area contributed by atoms with Gasteiger partial charge in [-0.2, -0.15) is 0 Å². The molecule has 0 spiro atoms. The van der Waals surface area contributed by atoms with Gasteiger partial charge >= 0.3 is 0 Å². The van der Waals surface area contributed by atoms with Crippen LogP contribution < -0.4 is 5.32 Å². The average molecular weight is 265 g/mol. The molecule has 2 rings (SSSR count). The molecule has 1 aliphatic carbocycles. The highest BCUT2D eigenvalue weighted by molar-refractivity contribution is 7.99. The van der Waals surface area contributed by atoms with Gasteiger partial charge in [-0.1, -0.05) is 25.1 Å². The van der Waals surface area contributed by atoms with Crippen molar-refractivity contribution in [2.45, 2.75) is 50.7 Å². The number of aromatic nitrogens is 2. The van der Waals surface area contributed by atoms with E-state index in [1.165, 1.54) is 25.7 Å². The van der Waals surface area contributed by atoms with Gasteiger partial charge in [0.25, 0.3) is 0 Å². The Morgan fingerprint density at radius 3 is 3.11 bits per heavy atom. The molecule has 100 valence electrons. The van der Waals surface area contributed by atoms with Crippen LogP contribution >= 0.6 is 11.8 Å². The molecule has 18 heavy (non-hydrogen) atoms. The second kappa shape index (κ2) is 7.10. The van der Waals surface area contributed by atoms with Crippen molar-refractivity contribution in [3.63, 3.8) is 0 Å². The van der Waals surface area contributed by atoms with Gasteiger partial charge in [0.2, 0.25) is 0 Å². The summed E-state index contributed by atoms with van der Waals surface area (Å²) in [7, 11) is 0. The Bertz CT molecular complexity index is 370. The molecule has 0 amide bonds. The topological polar surface area (TPSA) is 37.8 Å². The minimum absolute atomic E-state index is 0.744. The van der Waals surface area contributed by atoms with E-state index in [0.717, 1.165) is 35.1 Å². The molecule has 4 heteroatoms. The summed E-state index contributed by atoms with van der Waals surface area (Å²) in [6.45, 7) is 5.31. The molecule has 1 saturated carbocycles. The van der Waals surface area contributed by atoms with Gasteiger partial charge in [0.15, 0.2) is 5.16 Å². The van der Waals surface area contributed by atoms with E-state index in [1.54, 1.807) is 11.8 Å². The third-order valence-electron chi connectivity index (χ3n) is 3.62. The zero-order valence-corrected chi connectivity index (χ0v) is 12.2. The Labute approximate surface area is 114 Å². The van der Waals surface area contributed by atoms with E-state index in [0.29, 0.717) is 0 Å². The predicted octanol–water partition coefficient (Wildman–Crippen LogP) is 3.05. The van der Waals surface area contributed by atoms with Crippen LogP contribution in [-0.2, 0) is 0 Å². The first-order valence-electron chi connectivity index (χ1n) is 6.95. The predicted molar refractivity (Wildman–Crippen MR) is 76.9 cm³/mol. The van der Waals surface area contributed by atoms with Crippen molar-refractivity contribution in [1.82, 2.24) is 15.3 Å². The molecule has 2 unspecified atom stereocenters. The van der Waals surface area contributed by atoms with Crippen LogP contribution in [0, 0.1) is 12.8 Å². The molecule has 1 N–H and O–H groups in total. The number of thioether (sulfide) groups is 1. The molecule has 1 fully saturated rings. The third kappa shape index (κ3) is 3.95. The Hall–Kier alpha value is -0.610. The summed E-state index contributed by atoms with van der Waals surface area (Å²) < 4.78 is 0. The quantitative estimate of drug-likeness (QED) is 0.634. The van der Waals surface area contributed by atoms with E-state index in [-0.39, 0.29) is 0 Å². The zero-order chi connectivity index (χ0) is 12.8. The number of hydrogen-bond donors (Lipinski definition) is 1. The van der Waals surface area contributed by atoms with Crippen LogP contribution in [0.2, 0.25) is 0 Å². The van der Waals surface area contributed by atoms with E-state index in [1.807, 2.05) is 19.2 Å². The number of aryl methyl sites for hydroxylation is 1. The van der Waals surface area contributed by atoms with Crippen LogP contribution in [0.5, 0.6) is 0 Å². The molecule has 1 heterocycles. The smallest absolute Gasteiger partial charge is 0.187 e. The van der Waals surface area contributed by atoms with E-state index in [2.05, 4.69) is 22.2 Å². The maximum Gasteiger partial charge on any atom is 0.187 e. The second-order valence-electron chi connectivity index (χ2n) is 4.97. The van der Waals surface area contributed by atoms with Gasteiger partial charge in [0.05, 0.1) is 0 Å². The van der Waals surface area contributed by atoms with Crippen molar-refractivity contribution >= 4 is 11.8 Å². The summed E-state index contributed by atoms with van der Waals surface area (Å²) >= 11 is 1.79. The van der Waals surface area contributed by atoms with Gasteiger partial charge in [0.1, 0.15) is 0 Å².